The van der Waals surface area contributed by atoms with Gasteiger partial charge in [0.1, 0.15) is 0 Å². The van der Waals surface area contributed by atoms with E-state index in [1.165, 1.54) is 5.57 Å². The lowest BCUT2D eigenvalue weighted by Crippen LogP contribution is -2.29. The molecular formula is C21H26ClN3O3S. The maximum Gasteiger partial charge on any atom is 0.262 e. The van der Waals surface area contributed by atoms with Crippen molar-refractivity contribution in [2.24, 2.45) is 0 Å². The second-order valence-corrected chi connectivity index (χ2v) is 8.60. The highest BCUT2D eigenvalue weighted by Crippen LogP contribution is 2.21. The number of sulfonamides is 1. The summed E-state index contributed by atoms with van der Waals surface area (Å²) in [5, 5.41) is 6.13. The zero-order valence-corrected chi connectivity index (χ0v) is 18.1. The van der Waals surface area contributed by atoms with Crippen molar-refractivity contribution < 1.29 is 13.2 Å². The highest BCUT2D eigenvalue weighted by Gasteiger charge is 2.17. The van der Waals surface area contributed by atoms with Gasteiger partial charge in [0.25, 0.3) is 15.9 Å². The minimum Gasteiger partial charge on any atom is -0.348 e. The summed E-state index contributed by atoms with van der Waals surface area (Å²) in [4.78, 5) is 12.5. The van der Waals surface area contributed by atoms with Crippen molar-refractivity contribution in [2.75, 3.05) is 24.4 Å². The van der Waals surface area contributed by atoms with Gasteiger partial charge in [-0.05, 0) is 68.3 Å². The largest absolute Gasteiger partial charge is 0.348 e. The zero-order chi connectivity index (χ0) is 20.1. The lowest BCUT2D eigenvalue weighted by atomic mass is 10.1. The fourth-order valence-electron chi connectivity index (χ4n) is 3.02. The molecule has 0 atom stereocenters. The van der Waals surface area contributed by atoms with Crippen molar-refractivity contribution in [3.63, 3.8) is 0 Å². The Morgan fingerprint density at radius 2 is 1.83 bits per heavy atom. The molecule has 29 heavy (non-hydrogen) atoms. The SMILES string of the molecule is Cc1ccc(C)c(S(=O)(=O)Nc2ccc(C(=O)NCC3=CCNCC3)cc2)c1.Cl. The average molecular weight is 436 g/mol. The monoisotopic (exact) mass is 435 g/mol. The summed E-state index contributed by atoms with van der Waals surface area (Å²) in [5.74, 6) is -0.177. The van der Waals surface area contributed by atoms with Gasteiger partial charge in [-0.1, -0.05) is 23.8 Å². The second-order valence-electron chi connectivity index (χ2n) is 6.95. The summed E-state index contributed by atoms with van der Waals surface area (Å²) in [6, 6.07) is 11.7. The Balaban J connectivity index is 0.00000300. The van der Waals surface area contributed by atoms with Crippen LogP contribution in [0.2, 0.25) is 0 Å². The molecule has 2 aromatic carbocycles. The van der Waals surface area contributed by atoms with Crippen LogP contribution in [0.3, 0.4) is 0 Å². The van der Waals surface area contributed by atoms with Gasteiger partial charge in [-0.2, -0.15) is 0 Å². The molecule has 1 aliphatic rings. The first-order chi connectivity index (χ1) is 13.3. The number of hydrogen-bond acceptors (Lipinski definition) is 4. The van der Waals surface area contributed by atoms with Crippen LogP contribution in [0.15, 0.2) is 59.0 Å². The van der Waals surface area contributed by atoms with Crippen molar-refractivity contribution in [3.8, 4) is 0 Å². The normalized spacial score (nSPS) is 13.8. The molecule has 0 aromatic heterocycles. The molecule has 8 heteroatoms. The zero-order valence-electron chi connectivity index (χ0n) is 16.5. The Bertz CT molecular complexity index is 1000. The van der Waals surface area contributed by atoms with Gasteiger partial charge in [-0.15, -0.1) is 12.4 Å². The highest BCUT2D eigenvalue weighted by molar-refractivity contribution is 7.92. The molecule has 0 bridgehead atoms. The number of carbonyl (C=O) groups excluding carboxylic acids is 1. The molecule has 0 saturated heterocycles. The van der Waals surface area contributed by atoms with Gasteiger partial charge in [0.05, 0.1) is 4.90 Å². The first kappa shape index (κ1) is 22.9. The van der Waals surface area contributed by atoms with E-state index in [9.17, 15) is 13.2 Å². The van der Waals surface area contributed by atoms with Crippen LogP contribution in [0, 0.1) is 13.8 Å². The van der Waals surface area contributed by atoms with E-state index in [0.717, 1.165) is 25.1 Å². The molecule has 0 unspecified atom stereocenters. The number of aryl methyl sites for hydroxylation is 2. The van der Waals surface area contributed by atoms with Crippen LogP contribution in [0.25, 0.3) is 0 Å². The predicted octanol–water partition coefficient (Wildman–Crippen LogP) is 3.18. The summed E-state index contributed by atoms with van der Waals surface area (Å²) >= 11 is 0. The number of anilines is 1. The predicted molar refractivity (Wildman–Crippen MR) is 118 cm³/mol. The summed E-state index contributed by atoms with van der Waals surface area (Å²) < 4.78 is 27.9. The molecule has 1 aliphatic heterocycles. The van der Waals surface area contributed by atoms with E-state index in [4.69, 9.17) is 0 Å². The van der Waals surface area contributed by atoms with Crippen LogP contribution >= 0.6 is 12.4 Å². The van der Waals surface area contributed by atoms with Gasteiger partial charge in [0.2, 0.25) is 0 Å². The number of amides is 1. The molecule has 156 valence electrons. The molecule has 0 spiro atoms. The third-order valence-electron chi connectivity index (χ3n) is 4.67. The molecule has 3 rings (SSSR count). The van der Waals surface area contributed by atoms with Gasteiger partial charge >= 0.3 is 0 Å². The molecule has 0 fully saturated rings. The number of benzene rings is 2. The van der Waals surface area contributed by atoms with Crippen LogP contribution in [-0.4, -0.2) is 34.0 Å². The van der Waals surface area contributed by atoms with E-state index in [0.29, 0.717) is 23.4 Å². The number of halogens is 1. The van der Waals surface area contributed by atoms with E-state index in [2.05, 4.69) is 21.4 Å². The maximum atomic E-state index is 12.7. The average Bonchev–Trinajstić information content (AvgIpc) is 2.69. The third kappa shape index (κ3) is 6.06. The summed E-state index contributed by atoms with van der Waals surface area (Å²) in [7, 11) is -3.69. The summed E-state index contributed by atoms with van der Waals surface area (Å²) in [6.45, 7) is 5.91. The van der Waals surface area contributed by atoms with E-state index in [-0.39, 0.29) is 23.2 Å². The Hall–Kier alpha value is -2.35. The van der Waals surface area contributed by atoms with Gasteiger partial charge < -0.3 is 10.6 Å². The fraction of sp³-hybridized carbons (Fsp3) is 0.286. The molecule has 0 saturated carbocycles. The minimum atomic E-state index is -3.69. The standard InChI is InChI=1S/C21H25N3O3S.ClH/c1-15-3-4-16(2)20(13-15)28(26,27)24-19-7-5-18(6-8-19)21(25)23-14-17-9-11-22-12-10-17;/h3-9,13,22,24H,10-12,14H2,1-2H3,(H,23,25);1H. The quantitative estimate of drug-likeness (QED) is 0.608. The lowest BCUT2D eigenvalue weighted by Gasteiger charge is -2.15. The first-order valence-corrected chi connectivity index (χ1v) is 10.7. The van der Waals surface area contributed by atoms with Crippen molar-refractivity contribution in [2.45, 2.75) is 25.2 Å². The van der Waals surface area contributed by atoms with E-state index < -0.39 is 10.0 Å². The van der Waals surface area contributed by atoms with Crippen LogP contribution in [0.1, 0.15) is 27.9 Å². The van der Waals surface area contributed by atoms with Crippen LogP contribution in [0.4, 0.5) is 5.69 Å². The summed E-state index contributed by atoms with van der Waals surface area (Å²) in [5.41, 5.74) is 3.68. The Kier molecular flexibility index (Phi) is 7.84. The fourth-order valence-corrected chi connectivity index (χ4v) is 4.41. The minimum absolute atomic E-state index is 0. The topological polar surface area (TPSA) is 87.3 Å². The van der Waals surface area contributed by atoms with E-state index in [1.54, 1.807) is 43.3 Å². The van der Waals surface area contributed by atoms with Crippen LogP contribution in [0.5, 0.6) is 0 Å². The first-order valence-electron chi connectivity index (χ1n) is 9.22. The van der Waals surface area contributed by atoms with Crippen molar-refractivity contribution in [1.29, 1.82) is 0 Å². The van der Waals surface area contributed by atoms with Gasteiger partial charge in [-0.25, -0.2) is 8.42 Å². The Morgan fingerprint density at radius 1 is 1.10 bits per heavy atom. The Labute approximate surface area is 178 Å². The lowest BCUT2D eigenvalue weighted by molar-refractivity contribution is 0.0956. The maximum absolute atomic E-state index is 12.7. The molecule has 6 nitrogen and oxygen atoms in total. The van der Waals surface area contributed by atoms with Crippen molar-refractivity contribution in [3.05, 3.63) is 70.8 Å². The molecule has 0 aliphatic carbocycles. The molecule has 0 radical (unpaired) electrons. The smallest absolute Gasteiger partial charge is 0.262 e. The second kappa shape index (κ2) is 9.91. The number of carbonyl (C=O) groups is 1. The number of nitrogens with one attached hydrogen (secondary N) is 3. The molecule has 1 heterocycles. The highest BCUT2D eigenvalue weighted by atomic mass is 35.5. The van der Waals surface area contributed by atoms with E-state index >= 15 is 0 Å². The molecular weight excluding hydrogens is 410 g/mol. The van der Waals surface area contributed by atoms with Crippen molar-refractivity contribution in [1.82, 2.24) is 10.6 Å². The number of hydrogen-bond donors (Lipinski definition) is 3. The van der Waals surface area contributed by atoms with Gasteiger partial charge in [0, 0.05) is 24.3 Å². The Morgan fingerprint density at radius 3 is 2.48 bits per heavy atom. The molecule has 1 amide bonds. The van der Waals surface area contributed by atoms with Crippen LogP contribution in [-0.2, 0) is 10.0 Å². The van der Waals surface area contributed by atoms with E-state index in [1.807, 2.05) is 13.0 Å². The van der Waals surface area contributed by atoms with Crippen molar-refractivity contribution >= 4 is 34.0 Å². The van der Waals surface area contributed by atoms with Crippen LogP contribution < -0.4 is 15.4 Å². The molecule has 2 aromatic rings. The number of rotatable bonds is 6. The third-order valence-corrected chi connectivity index (χ3v) is 6.19. The van der Waals surface area contributed by atoms with Gasteiger partial charge in [0.15, 0.2) is 0 Å². The molecule has 3 N–H and O–H groups in total. The summed E-state index contributed by atoms with van der Waals surface area (Å²) in [6.07, 6.45) is 3.02. The van der Waals surface area contributed by atoms with Gasteiger partial charge in [-0.3, -0.25) is 9.52 Å².